The summed E-state index contributed by atoms with van der Waals surface area (Å²) in [6.07, 6.45) is 4.05. The molecule has 4 rings (SSSR count). The Morgan fingerprint density at radius 2 is 1.93 bits per heavy atom. The molecule has 0 aromatic heterocycles. The molecule has 1 saturated heterocycles. The molecule has 0 saturated carbocycles. The van der Waals surface area contributed by atoms with Gasteiger partial charge < -0.3 is 4.74 Å². The molecular weight excluding hydrogens is 376 g/mol. The van der Waals surface area contributed by atoms with E-state index in [4.69, 9.17) is 4.74 Å². The highest BCUT2D eigenvalue weighted by Gasteiger charge is 2.37. The first-order chi connectivity index (χ1) is 13.4. The fourth-order valence-electron chi connectivity index (χ4n) is 3.84. The third-order valence-corrected chi connectivity index (χ3v) is 7.12. The number of hydrogen-bond donors (Lipinski definition) is 0. The summed E-state index contributed by atoms with van der Waals surface area (Å²) in [5.74, 6) is 0. The summed E-state index contributed by atoms with van der Waals surface area (Å²) < 4.78 is 32.6. The van der Waals surface area contributed by atoms with Gasteiger partial charge in [0.25, 0.3) is 10.0 Å². The van der Waals surface area contributed by atoms with Gasteiger partial charge >= 0.3 is 6.09 Å². The first kappa shape index (κ1) is 18.8. The van der Waals surface area contributed by atoms with Gasteiger partial charge in [-0.3, -0.25) is 4.90 Å². The van der Waals surface area contributed by atoms with Crippen LogP contribution < -0.4 is 4.90 Å². The molecule has 0 unspecified atom stereocenters. The van der Waals surface area contributed by atoms with Gasteiger partial charge in [-0.15, -0.1) is 0 Å². The number of rotatable bonds is 3. The zero-order valence-electron chi connectivity index (χ0n) is 15.9. The lowest BCUT2D eigenvalue weighted by atomic mass is 10.0. The molecule has 7 heteroatoms. The predicted molar refractivity (Wildman–Crippen MR) is 106 cm³/mol. The zero-order chi connectivity index (χ0) is 19.9. The average molecular weight is 398 g/mol. The molecule has 3 aliphatic rings. The summed E-state index contributed by atoms with van der Waals surface area (Å²) in [5.41, 5.74) is 9.26. The Balaban J connectivity index is 1.53. The molecule has 0 spiro atoms. The van der Waals surface area contributed by atoms with Crippen LogP contribution in [-0.2, 0) is 21.4 Å². The molecule has 2 heterocycles. The molecule has 28 heavy (non-hydrogen) atoms. The summed E-state index contributed by atoms with van der Waals surface area (Å²) >= 11 is 0. The van der Waals surface area contributed by atoms with Crippen molar-refractivity contribution in [2.75, 3.05) is 18.0 Å². The number of aryl methyl sites for hydroxylation is 1. The topological polar surface area (TPSA) is 66.9 Å². The van der Waals surface area contributed by atoms with E-state index in [1.165, 1.54) is 4.31 Å². The maximum Gasteiger partial charge on any atom is 0.414 e. The average Bonchev–Trinajstić information content (AvgIpc) is 2.68. The molecule has 0 N–H and O–H groups in total. The zero-order valence-corrected chi connectivity index (χ0v) is 16.8. The van der Waals surface area contributed by atoms with Crippen LogP contribution in [0.5, 0.6) is 0 Å². The van der Waals surface area contributed by atoms with Gasteiger partial charge in [-0.1, -0.05) is 23.4 Å². The van der Waals surface area contributed by atoms with E-state index in [1.54, 1.807) is 17.1 Å². The number of piperidine rings is 1. The lowest BCUT2D eigenvalue weighted by Crippen LogP contribution is -2.50. The van der Waals surface area contributed by atoms with Gasteiger partial charge in [0.15, 0.2) is 0 Å². The Labute approximate surface area is 165 Å². The molecule has 0 atom stereocenters. The summed E-state index contributed by atoms with van der Waals surface area (Å²) in [4.78, 5) is 14.3. The maximum atomic E-state index is 12.9. The first-order valence-corrected chi connectivity index (χ1v) is 10.8. The van der Waals surface area contributed by atoms with Gasteiger partial charge in [-0.25, -0.2) is 13.2 Å². The lowest BCUT2D eigenvalue weighted by molar-refractivity contribution is 0.136. The van der Waals surface area contributed by atoms with E-state index in [2.05, 4.69) is 11.5 Å². The number of ether oxygens (including phenoxy) is 1. The van der Waals surface area contributed by atoms with Gasteiger partial charge in [0.1, 0.15) is 11.5 Å². The minimum absolute atomic E-state index is 0.0891. The van der Waals surface area contributed by atoms with Crippen LogP contribution in [0.3, 0.4) is 0 Å². The van der Waals surface area contributed by atoms with Crippen LogP contribution in [0.25, 0.3) is 0 Å². The van der Waals surface area contributed by atoms with Gasteiger partial charge in [0.2, 0.25) is 0 Å². The number of cyclic esters (lactones) is 1. The number of sulfonamides is 1. The second kappa shape index (κ2) is 7.12. The number of fused-ring (bicyclic) bond motifs is 1. The summed E-state index contributed by atoms with van der Waals surface area (Å²) in [6.45, 7) is 4.81. The highest BCUT2D eigenvalue weighted by molar-refractivity contribution is 7.93. The minimum atomic E-state index is -3.61. The monoisotopic (exact) mass is 398 g/mol. The molecule has 2 aliphatic heterocycles. The molecule has 1 amide bonds. The van der Waals surface area contributed by atoms with Crippen molar-refractivity contribution in [2.24, 2.45) is 0 Å². The number of benzene rings is 1. The van der Waals surface area contributed by atoms with Crippen LogP contribution >= 0.6 is 0 Å². The number of anilines is 1. The minimum Gasteiger partial charge on any atom is -0.444 e. The Hall–Kier alpha value is -2.56. The van der Waals surface area contributed by atoms with Gasteiger partial charge in [0, 0.05) is 24.7 Å². The van der Waals surface area contributed by atoms with Crippen LogP contribution in [0.15, 0.2) is 52.3 Å². The van der Waals surface area contributed by atoms with Crippen molar-refractivity contribution in [2.45, 2.75) is 39.3 Å². The third kappa shape index (κ3) is 3.34. The quantitative estimate of drug-likeness (QED) is 0.732. The predicted octanol–water partition coefficient (Wildman–Crippen LogP) is 3.40. The molecule has 146 valence electrons. The normalized spacial score (nSPS) is 20.5. The second-order valence-electron chi connectivity index (χ2n) is 7.36. The van der Waals surface area contributed by atoms with Crippen LogP contribution in [0.4, 0.5) is 10.5 Å². The molecule has 1 aromatic carbocycles. The SMILES string of the molecule is CC1=CC(S(=O)(=O)N2CCC(N3C(=O)OCc4cc(C)ccc43)CC2)=C=C=C1. The largest absolute Gasteiger partial charge is 0.444 e. The van der Waals surface area contributed by atoms with Crippen molar-refractivity contribution in [3.05, 3.63) is 63.4 Å². The highest BCUT2D eigenvalue weighted by atomic mass is 32.2. The Morgan fingerprint density at radius 1 is 1.18 bits per heavy atom. The number of nitrogens with zero attached hydrogens (tertiary/aromatic N) is 2. The Kier molecular flexibility index (Phi) is 4.77. The van der Waals surface area contributed by atoms with Gasteiger partial charge in [-0.05, 0) is 56.2 Å². The van der Waals surface area contributed by atoms with Crippen molar-refractivity contribution in [3.63, 3.8) is 0 Å². The van der Waals surface area contributed by atoms with Crippen molar-refractivity contribution in [1.29, 1.82) is 0 Å². The fourth-order valence-corrected chi connectivity index (χ4v) is 5.33. The van der Waals surface area contributed by atoms with E-state index >= 15 is 0 Å². The number of hydrogen-bond acceptors (Lipinski definition) is 4. The van der Waals surface area contributed by atoms with E-state index < -0.39 is 10.0 Å². The third-order valence-electron chi connectivity index (χ3n) is 5.30. The van der Waals surface area contributed by atoms with Crippen LogP contribution in [0.2, 0.25) is 0 Å². The van der Waals surface area contributed by atoms with E-state index in [0.29, 0.717) is 25.9 Å². The molecule has 0 radical (unpaired) electrons. The van der Waals surface area contributed by atoms with Gasteiger partial charge in [-0.2, -0.15) is 4.31 Å². The highest BCUT2D eigenvalue weighted by Crippen LogP contribution is 2.33. The standard InChI is InChI=1S/C21H22N2O4S/c1-15-4-3-5-19(13-15)28(25,26)22-10-8-18(9-11-22)23-20-7-6-16(2)12-17(20)14-27-21(23)24/h4,6-7,12-13,18H,8-11,14H2,1-2H3. The molecule has 0 bridgehead atoms. The lowest BCUT2D eigenvalue weighted by Gasteiger charge is -2.39. The van der Waals surface area contributed by atoms with E-state index in [1.807, 2.05) is 32.0 Å². The first-order valence-electron chi connectivity index (χ1n) is 9.32. The second-order valence-corrected chi connectivity index (χ2v) is 9.26. The van der Waals surface area contributed by atoms with E-state index in [9.17, 15) is 13.2 Å². The number of allylic oxidation sites excluding steroid dienone is 3. The van der Waals surface area contributed by atoms with Crippen molar-refractivity contribution < 1.29 is 17.9 Å². The van der Waals surface area contributed by atoms with Crippen LogP contribution in [0.1, 0.15) is 30.9 Å². The molecule has 6 nitrogen and oxygen atoms in total. The fraction of sp³-hybridized carbons (Fsp3) is 0.381. The van der Waals surface area contributed by atoms with Crippen molar-refractivity contribution >= 4 is 21.8 Å². The smallest absolute Gasteiger partial charge is 0.414 e. The Bertz CT molecular complexity index is 1070. The summed E-state index contributed by atoms with van der Waals surface area (Å²) in [7, 11) is -3.61. The van der Waals surface area contributed by atoms with Crippen LogP contribution in [0, 0.1) is 6.92 Å². The molecule has 1 aliphatic carbocycles. The van der Waals surface area contributed by atoms with E-state index in [0.717, 1.165) is 22.4 Å². The van der Waals surface area contributed by atoms with Crippen molar-refractivity contribution in [3.8, 4) is 0 Å². The summed E-state index contributed by atoms with van der Waals surface area (Å²) in [6, 6.07) is 5.87. The molecular formula is C21H22N2O4S. The van der Waals surface area contributed by atoms with Crippen molar-refractivity contribution in [1.82, 2.24) is 4.31 Å². The van der Waals surface area contributed by atoms with E-state index in [-0.39, 0.29) is 23.6 Å². The number of carbonyl (C=O) groups is 1. The summed E-state index contributed by atoms with van der Waals surface area (Å²) in [5, 5.41) is 0. The maximum absolute atomic E-state index is 12.9. The van der Waals surface area contributed by atoms with Crippen LogP contribution in [-0.4, -0.2) is 37.9 Å². The number of amides is 1. The van der Waals surface area contributed by atoms with Gasteiger partial charge in [0.05, 0.1) is 5.69 Å². The number of carbonyl (C=O) groups excluding carboxylic acids is 1. The molecule has 1 aromatic rings. The Morgan fingerprint density at radius 3 is 2.64 bits per heavy atom. The molecule has 1 fully saturated rings.